The van der Waals surface area contributed by atoms with E-state index in [2.05, 4.69) is 27.8 Å². The average molecular weight is 291 g/mol. The van der Waals surface area contributed by atoms with Gasteiger partial charge in [0.2, 0.25) is 5.91 Å². The maximum atomic E-state index is 10.6. The van der Waals surface area contributed by atoms with Crippen molar-refractivity contribution < 1.29 is 9.59 Å². The summed E-state index contributed by atoms with van der Waals surface area (Å²) in [6, 6.07) is 5.80. The molecular weight excluding hydrogens is 266 g/mol. The third-order valence-electron chi connectivity index (χ3n) is 3.29. The summed E-state index contributed by atoms with van der Waals surface area (Å²) in [5.41, 5.74) is 1.30. The molecular formula is C16H25N3O2. The van der Waals surface area contributed by atoms with Gasteiger partial charge in [0, 0.05) is 31.3 Å². The van der Waals surface area contributed by atoms with Crippen molar-refractivity contribution in [3.8, 4) is 0 Å². The maximum Gasteiger partial charge on any atom is 0.321 e. The summed E-state index contributed by atoms with van der Waals surface area (Å²) < 4.78 is 0. The number of nitrogens with zero attached hydrogens (tertiary/aromatic N) is 1. The fourth-order valence-corrected chi connectivity index (χ4v) is 2.28. The van der Waals surface area contributed by atoms with Crippen molar-refractivity contribution in [1.82, 2.24) is 15.6 Å². The Hall–Kier alpha value is -1.91. The SMILES string of the molecule is CCCNC(=O)NC(C)=O.c1ccc(C2CCCC2)nc1. The van der Waals surface area contributed by atoms with Crippen molar-refractivity contribution in [1.29, 1.82) is 0 Å². The van der Waals surface area contributed by atoms with Crippen LogP contribution in [-0.4, -0.2) is 23.5 Å². The van der Waals surface area contributed by atoms with E-state index in [0.717, 1.165) is 12.3 Å². The Labute approximate surface area is 126 Å². The molecule has 2 rings (SSSR count). The third kappa shape index (κ3) is 7.44. The number of carbonyl (C=O) groups is 2. The van der Waals surface area contributed by atoms with E-state index in [0.29, 0.717) is 6.54 Å². The number of pyridine rings is 1. The van der Waals surface area contributed by atoms with Crippen LogP contribution in [0.15, 0.2) is 24.4 Å². The molecule has 5 nitrogen and oxygen atoms in total. The molecule has 21 heavy (non-hydrogen) atoms. The monoisotopic (exact) mass is 291 g/mol. The highest BCUT2D eigenvalue weighted by atomic mass is 16.2. The smallest absolute Gasteiger partial charge is 0.321 e. The van der Waals surface area contributed by atoms with Gasteiger partial charge in [0.15, 0.2) is 0 Å². The highest BCUT2D eigenvalue weighted by Gasteiger charge is 2.17. The molecule has 1 saturated carbocycles. The molecule has 0 bridgehead atoms. The molecule has 1 fully saturated rings. The van der Waals surface area contributed by atoms with Gasteiger partial charge in [-0.3, -0.25) is 15.1 Å². The molecule has 0 atom stereocenters. The quantitative estimate of drug-likeness (QED) is 0.899. The predicted octanol–water partition coefficient (Wildman–Crippen LogP) is 2.98. The summed E-state index contributed by atoms with van der Waals surface area (Å²) >= 11 is 0. The van der Waals surface area contributed by atoms with Crippen LogP contribution in [0, 0.1) is 0 Å². The van der Waals surface area contributed by atoms with E-state index in [-0.39, 0.29) is 5.91 Å². The molecule has 0 radical (unpaired) electrons. The van der Waals surface area contributed by atoms with Crippen molar-refractivity contribution in [3.05, 3.63) is 30.1 Å². The van der Waals surface area contributed by atoms with E-state index >= 15 is 0 Å². The summed E-state index contributed by atoms with van der Waals surface area (Å²) in [5, 5.41) is 4.58. The van der Waals surface area contributed by atoms with Gasteiger partial charge in [-0.25, -0.2) is 4.79 Å². The largest absolute Gasteiger partial charge is 0.338 e. The fourth-order valence-electron chi connectivity index (χ4n) is 2.28. The van der Waals surface area contributed by atoms with Gasteiger partial charge in [-0.2, -0.15) is 0 Å². The van der Waals surface area contributed by atoms with Crippen LogP contribution in [0.3, 0.4) is 0 Å². The van der Waals surface area contributed by atoms with Crippen LogP contribution >= 0.6 is 0 Å². The Kier molecular flexibility index (Phi) is 8.09. The second-order valence-electron chi connectivity index (χ2n) is 5.17. The standard InChI is InChI=1S/C10H13N.C6H12N2O2/c1-2-6-9(5-1)10-7-3-4-8-11-10;1-3-4-7-6(10)8-5(2)9/h3-4,7-9H,1-2,5-6H2;3-4H2,1-2H3,(H2,7,8,9,10). The van der Waals surface area contributed by atoms with Gasteiger partial charge < -0.3 is 5.32 Å². The summed E-state index contributed by atoms with van der Waals surface area (Å²) in [5.74, 6) is 0.421. The highest BCUT2D eigenvalue weighted by molar-refractivity contribution is 5.92. The van der Waals surface area contributed by atoms with E-state index in [1.54, 1.807) is 0 Å². The lowest BCUT2D eigenvalue weighted by atomic mass is 10.0. The Balaban J connectivity index is 0.000000212. The zero-order chi connectivity index (χ0) is 15.5. The van der Waals surface area contributed by atoms with Crippen molar-refractivity contribution in [3.63, 3.8) is 0 Å². The molecule has 0 saturated heterocycles. The molecule has 0 unspecified atom stereocenters. The van der Waals surface area contributed by atoms with Crippen LogP contribution in [0.1, 0.15) is 57.6 Å². The molecule has 1 aromatic heterocycles. The molecule has 1 aromatic rings. The van der Waals surface area contributed by atoms with Gasteiger partial charge in [0.1, 0.15) is 0 Å². The van der Waals surface area contributed by atoms with E-state index in [9.17, 15) is 9.59 Å². The van der Waals surface area contributed by atoms with Crippen LogP contribution in [-0.2, 0) is 4.79 Å². The van der Waals surface area contributed by atoms with Crippen molar-refractivity contribution in [2.45, 2.75) is 51.9 Å². The second-order valence-corrected chi connectivity index (χ2v) is 5.17. The molecule has 3 amide bonds. The lowest BCUT2D eigenvalue weighted by Gasteiger charge is -2.05. The molecule has 1 aliphatic rings. The van der Waals surface area contributed by atoms with E-state index < -0.39 is 6.03 Å². The lowest BCUT2D eigenvalue weighted by Crippen LogP contribution is -2.38. The first-order valence-electron chi connectivity index (χ1n) is 7.59. The molecule has 0 aliphatic heterocycles. The molecule has 0 spiro atoms. The number of hydrogen-bond acceptors (Lipinski definition) is 3. The molecule has 1 heterocycles. The number of imide groups is 1. The Morgan fingerprint density at radius 1 is 1.29 bits per heavy atom. The van der Waals surface area contributed by atoms with Crippen molar-refractivity contribution in [2.75, 3.05) is 6.54 Å². The van der Waals surface area contributed by atoms with Gasteiger partial charge >= 0.3 is 6.03 Å². The summed E-state index contributed by atoms with van der Waals surface area (Å²) in [4.78, 5) is 25.2. The number of nitrogens with one attached hydrogen (secondary N) is 2. The number of rotatable bonds is 3. The van der Waals surface area contributed by atoms with Crippen LogP contribution in [0.25, 0.3) is 0 Å². The van der Waals surface area contributed by atoms with Gasteiger partial charge in [0.05, 0.1) is 0 Å². The first-order valence-corrected chi connectivity index (χ1v) is 7.59. The fraction of sp³-hybridized carbons (Fsp3) is 0.562. The van der Waals surface area contributed by atoms with Crippen molar-refractivity contribution >= 4 is 11.9 Å². The minimum Gasteiger partial charge on any atom is -0.338 e. The first kappa shape index (κ1) is 17.1. The van der Waals surface area contributed by atoms with E-state index in [1.807, 2.05) is 19.2 Å². The lowest BCUT2D eigenvalue weighted by molar-refractivity contribution is -0.117. The van der Waals surface area contributed by atoms with E-state index in [4.69, 9.17) is 0 Å². The van der Waals surface area contributed by atoms with E-state index in [1.165, 1.54) is 38.3 Å². The second kappa shape index (κ2) is 9.91. The van der Waals surface area contributed by atoms with Gasteiger partial charge in [-0.05, 0) is 31.4 Å². The molecule has 116 valence electrons. The number of carbonyl (C=O) groups excluding carboxylic acids is 2. The normalized spacial score (nSPS) is 14.0. The van der Waals surface area contributed by atoms with Crippen LogP contribution in [0.2, 0.25) is 0 Å². The Morgan fingerprint density at radius 3 is 2.52 bits per heavy atom. The van der Waals surface area contributed by atoms with Gasteiger partial charge in [-0.15, -0.1) is 0 Å². The Bertz CT molecular complexity index is 428. The summed E-state index contributed by atoms with van der Waals surface area (Å²) in [6.07, 6.45) is 8.23. The minimum atomic E-state index is -0.422. The van der Waals surface area contributed by atoms with Crippen LogP contribution in [0.4, 0.5) is 4.79 Å². The maximum absolute atomic E-state index is 10.6. The highest BCUT2D eigenvalue weighted by Crippen LogP contribution is 2.32. The predicted molar refractivity (Wildman–Crippen MR) is 83.0 cm³/mol. The van der Waals surface area contributed by atoms with Crippen molar-refractivity contribution in [2.24, 2.45) is 0 Å². The van der Waals surface area contributed by atoms with Gasteiger partial charge in [-0.1, -0.05) is 25.8 Å². The van der Waals surface area contributed by atoms with Gasteiger partial charge in [0.25, 0.3) is 0 Å². The molecule has 1 aliphatic carbocycles. The minimum absolute atomic E-state index is 0.339. The average Bonchev–Trinajstić information content (AvgIpc) is 3.00. The summed E-state index contributed by atoms with van der Waals surface area (Å²) in [6.45, 7) is 3.83. The third-order valence-corrected chi connectivity index (χ3v) is 3.29. The van der Waals surface area contributed by atoms with Crippen LogP contribution < -0.4 is 10.6 Å². The molecule has 2 N–H and O–H groups in total. The number of amides is 3. The number of urea groups is 1. The zero-order valence-electron chi connectivity index (χ0n) is 12.9. The summed E-state index contributed by atoms with van der Waals surface area (Å²) in [7, 11) is 0. The topological polar surface area (TPSA) is 71.1 Å². The van der Waals surface area contributed by atoms with Crippen LogP contribution in [0.5, 0.6) is 0 Å². The number of hydrogen-bond donors (Lipinski definition) is 2. The molecule has 0 aromatic carbocycles. The zero-order valence-corrected chi connectivity index (χ0v) is 12.9. The number of aromatic nitrogens is 1. The Morgan fingerprint density at radius 2 is 2.00 bits per heavy atom. The first-order chi connectivity index (χ1) is 10.1. The molecule has 5 heteroatoms.